The van der Waals surface area contributed by atoms with E-state index in [9.17, 15) is 27.0 Å². The average molecular weight is 355 g/mol. The van der Waals surface area contributed by atoms with Crippen molar-refractivity contribution in [3.63, 3.8) is 0 Å². The highest BCUT2D eigenvalue weighted by atomic mass is 32.2. The molecule has 0 saturated carbocycles. The second-order valence-corrected chi connectivity index (χ2v) is 6.03. The molecule has 0 bridgehead atoms. The van der Waals surface area contributed by atoms with Crippen LogP contribution >= 0.6 is 0 Å². The van der Waals surface area contributed by atoms with Crippen molar-refractivity contribution in [2.45, 2.75) is 5.51 Å². The summed E-state index contributed by atoms with van der Waals surface area (Å²) < 4.78 is 65.0. The van der Waals surface area contributed by atoms with Crippen LogP contribution in [0.3, 0.4) is 0 Å². The zero-order valence-electron chi connectivity index (χ0n) is 11.9. The van der Waals surface area contributed by atoms with Gasteiger partial charge in [0, 0.05) is 5.56 Å². The van der Waals surface area contributed by atoms with Gasteiger partial charge in [0.2, 0.25) is 11.2 Å². The predicted octanol–water partition coefficient (Wildman–Crippen LogP) is 4.23. The van der Waals surface area contributed by atoms with Crippen LogP contribution in [-0.2, 0) is 14.3 Å². The lowest BCUT2D eigenvalue weighted by Crippen LogP contribution is -2.25. The molecule has 9 heteroatoms. The molecule has 0 saturated heterocycles. The van der Waals surface area contributed by atoms with E-state index in [1.807, 2.05) is 0 Å². The van der Waals surface area contributed by atoms with Gasteiger partial charge >= 0.3 is 21.3 Å². The number of rotatable bonds is 4. The molecule has 0 fully saturated rings. The lowest BCUT2D eigenvalue weighted by molar-refractivity contribution is -0.0509. The first-order valence-electron chi connectivity index (χ1n) is 6.47. The third-order valence-corrected chi connectivity index (χ3v) is 3.83. The Morgan fingerprint density at radius 3 is 1.79 bits per heavy atom. The first-order chi connectivity index (χ1) is 11.3. The smallest absolute Gasteiger partial charge is 0.367 e. The standard InChI is InChI=1S/C15H10F3N2O3S/c16-15(17,18)24(21,22)23-14(12-9-5-2-6-10-12)13(20-19)11-7-3-1-4-8-11/h1-10H/q+1/b14-13+. The Hall–Kier alpha value is -2.86. The fourth-order valence-electron chi connectivity index (χ4n) is 1.80. The number of nitrogens with zero attached hydrogens (tertiary/aromatic N) is 2. The SMILES string of the molecule is N#[N+]/C(=C(/OS(=O)(=O)C(F)(F)F)c1ccccc1)c1ccccc1. The summed E-state index contributed by atoms with van der Waals surface area (Å²) in [6.45, 7) is 0. The van der Waals surface area contributed by atoms with Crippen LogP contribution in [0.5, 0.6) is 0 Å². The summed E-state index contributed by atoms with van der Waals surface area (Å²) in [5.74, 6) is -0.735. The maximum absolute atomic E-state index is 12.7. The number of hydrogen-bond donors (Lipinski definition) is 0. The summed E-state index contributed by atoms with van der Waals surface area (Å²) in [7, 11) is -5.94. The van der Waals surface area contributed by atoms with Gasteiger partial charge in [0.05, 0.1) is 5.56 Å². The largest absolute Gasteiger partial charge is 0.534 e. The minimum absolute atomic E-state index is 0.00183. The third-order valence-electron chi connectivity index (χ3n) is 2.87. The molecule has 0 atom stereocenters. The number of diazo groups is 1. The highest BCUT2D eigenvalue weighted by Gasteiger charge is 2.50. The second kappa shape index (κ2) is 6.72. The van der Waals surface area contributed by atoms with Crippen LogP contribution < -0.4 is 0 Å². The van der Waals surface area contributed by atoms with E-state index in [0.717, 1.165) is 0 Å². The summed E-state index contributed by atoms with van der Waals surface area (Å²) in [6, 6.07) is 14.8. The first kappa shape index (κ1) is 17.5. The van der Waals surface area contributed by atoms with E-state index < -0.39 is 27.1 Å². The molecule has 0 aliphatic carbocycles. The van der Waals surface area contributed by atoms with Crippen molar-refractivity contribution in [1.29, 1.82) is 5.39 Å². The first-order valence-corrected chi connectivity index (χ1v) is 7.88. The van der Waals surface area contributed by atoms with E-state index in [0.29, 0.717) is 0 Å². The van der Waals surface area contributed by atoms with Crippen molar-refractivity contribution >= 4 is 21.6 Å². The number of hydrogen-bond acceptors (Lipinski definition) is 4. The van der Waals surface area contributed by atoms with Gasteiger partial charge in [-0.2, -0.15) is 21.6 Å². The van der Waals surface area contributed by atoms with Gasteiger partial charge in [-0.15, -0.1) is 0 Å². The van der Waals surface area contributed by atoms with Crippen LogP contribution in [0.15, 0.2) is 60.7 Å². The van der Waals surface area contributed by atoms with E-state index in [-0.39, 0.29) is 11.1 Å². The molecule has 0 N–H and O–H groups in total. The average Bonchev–Trinajstić information content (AvgIpc) is 2.55. The van der Waals surface area contributed by atoms with Gasteiger partial charge in [-0.05, 0) is 12.1 Å². The summed E-state index contributed by atoms with van der Waals surface area (Å²) in [6.07, 6.45) is 0. The third kappa shape index (κ3) is 3.72. The molecule has 0 aliphatic heterocycles. The summed E-state index contributed by atoms with van der Waals surface area (Å²) in [4.78, 5) is 2.92. The fourth-order valence-corrected chi connectivity index (χ4v) is 2.29. The molecule has 0 amide bonds. The molecular formula is C15H10F3N2O3S+. The van der Waals surface area contributed by atoms with Gasteiger partial charge in [-0.3, -0.25) is 0 Å². The quantitative estimate of drug-likeness (QED) is 0.270. The summed E-state index contributed by atoms with van der Waals surface area (Å²) in [5, 5.41) is 9.22. The van der Waals surface area contributed by atoms with Crippen molar-refractivity contribution in [2.24, 2.45) is 0 Å². The molecule has 0 aromatic heterocycles. The Balaban J connectivity index is 2.69. The molecule has 2 aromatic rings. The van der Waals surface area contributed by atoms with Crippen molar-refractivity contribution in [3.05, 3.63) is 76.8 Å². The molecule has 2 aromatic carbocycles. The van der Waals surface area contributed by atoms with Crippen molar-refractivity contribution < 1.29 is 25.8 Å². The Labute approximate surface area is 135 Å². The second-order valence-electron chi connectivity index (χ2n) is 4.49. The van der Waals surface area contributed by atoms with Gasteiger partial charge in [-0.25, -0.2) is 0 Å². The number of alkyl halides is 3. The van der Waals surface area contributed by atoms with Crippen molar-refractivity contribution in [1.82, 2.24) is 0 Å². The monoisotopic (exact) mass is 355 g/mol. The van der Waals surface area contributed by atoms with E-state index in [1.165, 1.54) is 36.4 Å². The maximum Gasteiger partial charge on any atom is 0.534 e. The van der Waals surface area contributed by atoms with Crippen LogP contribution in [0.1, 0.15) is 11.1 Å². The zero-order valence-corrected chi connectivity index (χ0v) is 12.8. The van der Waals surface area contributed by atoms with Crippen molar-refractivity contribution in [2.75, 3.05) is 0 Å². The predicted molar refractivity (Wildman–Crippen MR) is 80.8 cm³/mol. The fraction of sp³-hybridized carbons (Fsp3) is 0.0667. The molecule has 124 valence electrons. The molecule has 0 spiro atoms. The topological polar surface area (TPSA) is 71.5 Å². The van der Waals surface area contributed by atoms with E-state index in [2.05, 4.69) is 9.16 Å². The lowest BCUT2D eigenvalue weighted by atomic mass is 10.1. The Kier molecular flexibility index (Phi) is 4.90. The van der Waals surface area contributed by atoms with Crippen LogP contribution in [0.2, 0.25) is 0 Å². The zero-order chi connectivity index (χ0) is 17.8. The summed E-state index contributed by atoms with van der Waals surface area (Å²) >= 11 is 0. The van der Waals surface area contributed by atoms with Crippen LogP contribution in [0.4, 0.5) is 13.2 Å². The summed E-state index contributed by atoms with van der Waals surface area (Å²) in [5.41, 5.74) is -5.89. The van der Waals surface area contributed by atoms with Crippen molar-refractivity contribution in [3.8, 4) is 0 Å². The van der Waals surface area contributed by atoms with Gasteiger partial charge in [0.1, 0.15) is 0 Å². The van der Waals surface area contributed by atoms with Gasteiger partial charge in [-0.1, -0.05) is 48.5 Å². The molecular weight excluding hydrogens is 345 g/mol. The van der Waals surface area contributed by atoms with E-state index in [4.69, 9.17) is 0 Å². The minimum Gasteiger partial charge on any atom is -0.367 e. The Morgan fingerprint density at radius 1 is 0.917 bits per heavy atom. The molecule has 2 rings (SSSR count). The minimum atomic E-state index is -5.94. The maximum atomic E-state index is 12.7. The van der Waals surface area contributed by atoms with Crippen LogP contribution in [0, 0.1) is 5.39 Å². The molecule has 0 aliphatic rings. The van der Waals surface area contributed by atoms with Gasteiger partial charge in [0.25, 0.3) is 0 Å². The van der Waals surface area contributed by atoms with Gasteiger partial charge in [0.15, 0.2) is 4.98 Å². The number of benzene rings is 2. The Bertz CT molecular complexity index is 887. The Morgan fingerprint density at radius 2 is 1.38 bits per heavy atom. The lowest BCUT2D eigenvalue weighted by Gasteiger charge is -2.11. The van der Waals surface area contributed by atoms with Crippen LogP contribution in [0.25, 0.3) is 16.4 Å². The molecule has 0 unspecified atom stereocenters. The van der Waals surface area contributed by atoms with Gasteiger partial charge < -0.3 is 4.18 Å². The van der Waals surface area contributed by atoms with E-state index >= 15 is 0 Å². The molecule has 5 nitrogen and oxygen atoms in total. The molecule has 0 heterocycles. The van der Waals surface area contributed by atoms with E-state index in [1.54, 1.807) is 24.3 Å². The number of halogens is 3. The molecule has 0 radical (unpaired) electrons. The molecule has 24 heavy (non-hydrogen) atoms. The highest BCUT2D eigenvalue weighted by molar-refractivity contribution is 7.87. The normalized spacial score (nSPS) is 12.9. The van der Waals surface area contributed by atoms with Crippen LogP contribution in [-0.4, -0.2) is 13.9 Å². The highest BCUT2D eigenvalue weighted by Crippen LogP contribution is 2.34.